The second-order valence-corrected chi connectivity index (χ2v) is 9.54. The summed E-state index contributed by atoms with van der Waals surface area (Å²) < 4.78 is 3.38. The summed E-state index contributed by atoms with van der Waals surface area (Å²) in [4.78, 5) is 46.7. The Kier molecular flexibility index (Phi) is 6.73. The minimum Gasteiger partial charge on any atom is -0.383 e. The number of nitrogen functional groups attached to an aromatic ring is 1. The first-order valence-electron chi connectivity index (χ1n) is 11.0. The van der Waals surface area contributed by atoms with E-state index >= 15 is 0 Å². The molecule has 4 rings (SSSR count). The van der Waals surface area contributed by atoms with E-state index in [1.807, 2.05) is 50.4 Å². The Bertz CT molecular complexity index is 1240. The molecule has 0 aliphatic heterocycles. The molecule has 1 aliphatic carbocycles. The van der Waals surface area contributed by atoms with E-state index < -0.39 is 11.2 Å². The Morgan fingerprint density at radius 2 is 2.00 bits per heavy atom. The molecule has 1 aliphatic rings. The molecule has 9 nitrogen and oxygen atoms in total. The lowest BCUT2D eigenvalue weighted by atomic mass is 10.2. The van der Waals surface area contributed by atoms with Crippen LogP contribution in [-0.2, 0) is 11.3 Å². The standard InChI is InChI=1S/C23H28N6O3S/c1-15(2)12-28(18(30)14-33-23-25-10-11-27(23)17-8-9-17)19-20(24)29(22(32)26-21(19)31)13-16-6-4-3-5-7-16/h3-7,10-11,15,17H,8-9,12-14,24H2,1-2H3,(H,26,31,32). The van der Waals surface area contributed by atoms with E-state index in [-0.39, 0.29) is 35.6 Å². The van der Waals surface area contributed by atoms with E-state index in [1.165, 1.54) is 21.2 Å². The van der Waals surface area contributed by atoms with E-state index in [0.717, 1.165) is 23.6 Å². The van der Waals surface area contributed by atoms with Crippen molar-refractivity contribution < 1.29 is 4.79 Å². The van der Waals surface area contributed by atoms with Crippen LogP contribution in [0.2, 0.25) is 0 Å². The van der Waals surface area contributed by atoms with Gasteiger partial charge in [0.05, 0.1) is 12.3 Å². The van der Waals surface area contributed by atoms with Crippen LogP contribution in [0, 0.1) is 5.92 Å². The summed E-state index contributed by atoms with van der Waals surface area (Å²) in [6.07, 6.45) is 5.90. The summed E-state index contributed by atoms with van der Waals surface area (Å²) in [5.74, 6) is -0.0967. The van der Waals surface area contributed by atoms with Crippen molar-refractivity contribution in [2.24, 2.45) is 5.92 Å². The topological polar surface area (TPSA) is 119 Å². The fourth-order valence-electron chi connectivity index (χ4n) is 3.69. The predicted molar refractivity (Wildman–Crippen MR) is 130 cm³/mol. The quantitative estimate of drug-likeness (QED) is 0.466. The summed E-state index contributed by atoms with van der Waals surface area (Å²) in [6.45, 7) is 4.40. The lowest BCUT2D eigenvalue weighted by Gasteiger charge is -2.26. The number of hydrogen-bond donors (Lipinski definition) is 2. The number of imidazole rings is 1. The third-order valence-electron chi connectivity index (χ3n) is 5.41. The van der Waals surface area contributed by atoms with Crippen LogP contribution in [0.15, 0.2) is 57.5 Å². The van der Waals surface area contributed by atoms with Crippen molar-refractivity contribution in [2.45, 2.75) is 44.4 Å². The maximum Gasteiger partial charge on any atom is 0.330 e. The number of nitrogens with two attached hydrogens (primary N) is 1. The number of anilines is 2. The fraction of sp³-hybridized carbons (Fsp3) is 0.391. The van der Waals surface area contributed by atoms with E-state index in [4.69, 9.17) is 5.73 Å². The summed E-state index contributed by atoms with van der Waals surface area (Å²) in [6, 6.07) is 9.79. The van der Waals surface area contributed by atoms with Gasteiger partial charge >= 0.3 is 5.69 Å². The molecule has 0 saturated heterocycles. The lowest BCUT2D eigenvalue weighted by Crippen LogP contribution is -2.43. The molecule has 1 fully saturated rings. The predicted octanol–water partition coefficient (Wildman–Crippen LogP) is 2.48. The Morgan fingerprint density at radius 1 is 1.27 bits per heavy atom. The molecular formula is C23H28N6O3S. The zero-order valence-corrected chi connectivity index (χ0v) is 19.5. The van der Waals surface area contributed by atoms with Gasteiger partial charge in [-0.1, -0.05) is 55.9 Å². The molecule has 2 heterocycles. The van der Waals surface area contributed by atoms with Gasteiger partial charge in [0, 0.05) is 25.0 Å². The van der Waals surface area contributed by atoms with E-state index in [9.17, 15) is 14.4 Å². The van der Waals surface area contributed by atoms with Crippen molar-refractivity contribution in [3.63, 3.8) is 0 Å². The van der Waals surface area contributed by atoms with Gasteiger partial charge in [0.1, 0.15) is 5.82 Å². The third-order valence-corrected chi connectivity index (χ3v) is 6.38. The van der Waals surface area contributed by atoms with Gasteiger partial charge in [0.15, 0.2) is 10.8 Å². The van der Waals surface area contributed by atoms with E-state index in [1.54, 1.807) is 6.20 Å². The monoisotopic (exact) mass is 468 g/mol. The van der Waals surface area contributed by atoms with Gasteiger partial charge in [-0.2, -0.15) is 0 Å². The van der Waals surface area contributed by atoms with Crippen LogP contribution in [-0.4, -0.2) is 37.3 Å². The highest BCUT2D eigenvalue weighted by atomic mass is 32.2. The van der Waals surface area contributed by atoms with Crippen molar-refractivity contribution in [1.29, 1.82) is 0 Å². The fourth-order valence-corrected chi connectivity index (χ4v) is 4.59. The maximum absolute atomic E-state index is 13.3. The molecule has 10 heteroatoms. The number of thioether (sulfide) groups is 1. The number of nitrogens with zero attached hydrogens (tertiary/aromatic N) is 4. The molecule has 0 atom stereocenters. The van der Waals surface area contributed by atoms with Gasteiger partial charge in [-0.15, -0.1) is 0 Å². The van der Waals surface area contributed by atoms with Crippen molar-refractivity contribution in [1.82, 2.24) is 19.1 Å². The first-order valence-corrected chi connectivity index (χ1v) is 12.0. The van der Waals surface area contributed by atoms with Gasteiger partial charge in [0.25, 0.3) is 5.56 Å². The van der Waals surface area contributed by atoms with E-state index in [0.29, 0.717) is 12.6 Å². The van der Waals surface area contributed by atoms with Crippen LogP contribution in [0.3, 0.4) is 0 Å². The first-order chi connectivity index (χ1) is 15.8. The summed E-state index contributed by atoms with van der Waals surface area (Å²) in [5, 5.41) is 0.784. The molecule has 0 spiro atoms. The second kappa shape index (κ2) is 9.70. The Labute approximate surface area is 195 Å². The summed E-state index contributed by atoms with van der Waals surface area (Å²) in [7, 11) is 0. The molecule has 3 aromatic rings. The van der Waals surface area contributed by atoms with Gasteiger partial charge in [0.2, 0.25) is 5.91 Å². The maximum atomic E-state index is 13.3. The van der Waals surface area contributed by atoms with Crippen LogP contribution < -0.4 is 21.9 Å². The highest BCUT2D eigenvalue weighted by Gasteiger charge is 2.28. The van der Waals surface area contributed by atoms with Gasteiger partial charge < -0.3 is 15.2 Å². The summed E-state index contributed by atoms with van der Waals surface area (Å²) in [5.41, 5.74) is 5.93. The second-order valence-electron chi connectivity index (χ2n) is 8.60. The molecule has 1 aromatic carbocycles. The SMILES string of the molecule is CC(C)CN(C(=O)CSc1nccn1C1CC1)c1c(N)n(Cc2ccccc2)c(=O)[nH]c1=O. The molecule has 174 valence electrons. The van der Waals surface area contributed by atoms with Crippen molar-refractivity contribution in [3.05, 3.63) is 69.1 Å². The largest absolute Gasteiger partial charge is 0.383 e. The Hall–Kier alpha value is -3.27. The molecule has 0 bridgehead atoms. The van der Waals surface area contributed by atoms with Gasteiger partial charge in [-0.3, -0.25) is 19.1 Å². The zero-order chi connectivity index (χ0) is 23.5. The molecule has 3 N–H and O–H groups in total. The number of hydrogen-bond acceptors (Lipinski definition) is 6. The Balaban J connectivity index is 1.63. The lowest BCUT2D eigenvalue weighted by molar-refractivity contribution is -0.116. The minimum absolute atomic E-state index is 0.00960. The van der Waals surface area contributed by atoms with E-state index in [2.05, 4.69) is 14.5 Å². The van der Waals surface area contributed by atoms with Crippen LogP contribution in [0.1, 0.15) is 38.3 Å². The molecule has 33 heavy (non-hydrogen) atoms. The van der Waals surface area contributed by atoms with Gasteiger partial charge in [-0.05, 0) is 24.3 Å². The Morgan fingerprint density at radius 3 is 2.67 bits per heavy atom. The number of aromatic amines is 1. The molecule has 2 aromatic heterocycles. The normalized spacial score (nSPS) is 13.4. The van der Waals surface area contributed by atoms with Crippen LogP contribution >= 0.6 is 11.8 Å². The average Bonchev–Trinajstić information content (AvgIpc) is 3.52. The number of rotatable bonds is 9. The number of H-pyrrole nitrogens is 1. The molecular weight excluding hydrogens is 440 g/mol. The molecule has 0 unspecified atom stereocenters. The van der Waals surface area contributed by atoms with Gasteiger partial charge in [-0.25, -0.2) is 9.78 Å². The van der Waals surface area contributed by atoms with Crippen LogP contribution in [0.25, 0.3) is 0 Å². The number of nitrogens with one attached hydrogen (secondary N) is 1. The average molecular weight is 469 g/mol. The number of amides is 1. The molecule has 1 amide bonds. The number of benzene rings is 1. The molecule has 0 radical (unpaired) electrons. The smallest absolute Gasteiger partial charge is 0.330 e. The highest BCUT2D eigenvalue weighted by Crippen LogP contribution is 2.37. The van der Waals surface area contributed by atoms with Crippen molar-refractivity contribution in [2.75, 3.05) is 22.9 Å². The van der Waals surface area contributed by atoms with Crippen LogP contribution in [0.4, 0.5) is 11.5 Å². The summed E-state index contributed by atoms with van der Waals surface area (Å²) >= 11 is 1.34. The minimum atomic E-state index is -0.666. The van der Waals surface area contributed by atoms with Crippen LogP contribution in [0.5, 0.6) is 0 Å². The number of aromatic nitrogens is 4. The van der Waals surface area contributed by atoms with Crippen molar-refractivity contribution in [3.8, 4) is 0 Å². The highest BCUT2D eigenvalue weighted by molar-refractivity contribution is 7.99. The molecule has 1 saturated carbocycles. The zero-order valence-electron chi connectivity index (χ0n) is 18.7. The first kappa shape index (κ1) is 22.9. The third kappa shape index (κ3) is 5.22. The number of carbonyl (C=O) groups is 1. The number of carbonyl (C=O) groups excluding carboxylic acids is 1. The van der Waals surface area contributed by atoms with Crippen molar-refractivity contribution >= 4 is 29.2 Å².